The van der Waals surface area contributed by atoms with Gasteiger partial charge in [-0.1, -0.05) is 12.1 Å². The highest BCUT2D eigenvalue weighted by Crippen LogP contribution is 2.33. The Morgan fingerprint density at radius 1 is 1.29 bits per heavy atom. The molecule has 1 aromatic carbocycles. The molecule has 0 aromatic heterocycles. The van der Waals surface area contributed by atoms with Crippen molar-refractivity contribution in [3.63, 3.8) is 0 Å². The molecule has 1 fully saturated rings. The first-order chi connectivity index (χ1) is 9.97. The molecule has 2 rings (SSSR count). The van der Waals surface area contributed by atoms with Crippen LogP contribution in [-0.4, -0.2) is 37.3 Å². The lowest BCUT2D eigenvalue weighted by Gasteiger charge is -2.33. The van der Waals surface area contributed by atoms with Crippen molar-refractivity contribution in [2.45, 2.75) is 25.4 Å². The van der Waals surface area contributed by atoms with Crippen molar-refractivity contribution in [1.29, 1.82) is 0 Å². The van der Waals surface area contributed by atoms with E-state index < -0.39 is 12.1 Å². The number of ether oxygens (including phenoxy) is 1. The number of alkyl halides is 3. The van der Waals surface area contributed by atoms with E-state index in [0.29, 0.717) is 19.6 Å². The van der Waals surface area contributed by atoms with Crippen LogP contribution < -0.4 is 4.74 Å². The Morgan fingerprint density at radius 3 is 2.76 bits per heavy atom. The van der Waals surface area contributed by atoms with Gasteiger partial charge in [-0.25, -0.2) is 0 Å². The molecule has 21 heavy (non-hydrogen) atoms. The van der Waals surface area contributed by atoms with Crippen LogP contribution in [0.25, 0.3) is 0 Å². The van der Waals surface area contributed by atoms with Gasteiger partial charge < -0.3 is 9.64 Å². The van der Waals surface area contributed by atoms with Gasteiger partial charge in [0.2, 0.25) is 0 Å². The van der Waals surface area contributed by atoms with Gasteiger partial charge in [0.1, 0.15) is 5.75 Å². The summed E-state index contributed by atoms with van der Waals surface area (Å²) in [7, 11) is 0. The zero-order chi connectivity index (χ0) is 15.3. The average molecular weight is 366 g/mol. The highest BCUT2D eigenvalue weighted by molar-refractivity contribution is 9.10. The predicted octanol–water partition coefficient (Wildman–Crippen LogP) is 4.49. The Kier molecular flexibility index (Phi) is 5.93. The standard InChI is InChI=1S/C15H19BrF3NO/c16-13-6-1-2-7-14(13)21-10-4-9-20-8-3-5-12(11-20)15(17,18)19/h1-2,6-7,12H,3-5,8-11H2. The number of para-hydroxylation sites is 1. The maximum absolute atomic E-state index is 12.7. The molecule has 0 saturated carbocycles. The molecule has 118 valence electrons. The van der Waals surface area contributed by atoms with Gasteiger partial charge >= 0.3 is 6.18 Å². The minimum Gasteiger partial charge on any atom is -0.492 e. The Bertz CT molecular complexity index is 453. The second kappa shape index (κ2) is 7.49. The van der Waals surface area contributed by atoms with Crippen LogP contribution in [0.4, 0.5) is 13.2 Å². The van der Waals surface area contributed by atoms with Gasteiger partial charge in [0.25, 0.3) is 0 Å². The number of hydrogen-bond acceptors (Lipinski definition) is 2. The Balaban J connectivity index is 1.70. The summed E-state index contributed by atoms with van der Waals surface area (Å²) in [6.07, 6.45) is -2.46. The monoisotopic (exact) mass is 365 g/mol. The van der Waals surface area contributed by atoms with Crippen LogP contribution in [-0.2, 0) is 0 Å². The van der Waals surface area contributed by atoms with E-state index in [-0.39, 0.29) is 13.0 Å². The van der Waals surface area contributed by atoms with Gasteiger partial charge in [-0.15, -0.1) is 0 Å². The molecule has 6 heteroatoms. The zero-order valence-corrected chi connectivity index (χ0v) is 13.3. The maximum Gasteiger partial charge on any atom is 0.393 e. The van der Waals surface area contributed by atoms with Crippen LogP contribution in [0.2, 0.25) is 0 Å². The molecule has 0 bridgehead atoms. The van der Waals surface area contributed by atoms with Crippen molar-refractivity contribution >= 4 is 15.9 Å². The molecule has 1 heterocycles. The fourth-order valence-electron chi connectivity index (χ4n) is 2.56. The molecule has 1 aliphatic rings. The molecule has 0 spiro atoms. The molecule has 0 amide bonds. The Labute approximate surface area is 131 Å². The van der Waals surface area contributed by atoms with Crippen molar-refractivity contribution in [1.82, 2.24) is 4.90 Å². The van der Waals surface area contributed by atoms with Gasteiger partial charge in [0, 0.05) is 13.1 Å². The lowest BCUT2D eigenvalue weighted by atomic mass is 9.97. The third-order valence-electron chi connectivity index (χ3n) is 3.68. The first-order valence-electron chi connectivity index (χ1n) is 7.13. The van der Waals surface area contributed by atoms with E-state index >= 15 is 0 Å². The molecule has 0 radical (unpaired) electrons. The van der Waals surface area contributed by atoms with Crippen molar-refractivity contribution in [3.8, 4) is 5.75 Å². The summed E-state index contributed by atoms with van der Waals surface area (Å²) in [5.41, 5.74) is 0. The molecule has 1 saturated heterocycles. The second-order valence-corrected chi connectivity index (χ2v) is 6.17. The highest BCUT2D eigenvalue weighted by Gasteiger charge is 2.41. The smallest absolute Gasteiger partial charge is 0.393 e. The van der Waals surface area contributed by atoms with Crippen molar-refractivity contribution < 1.29 is 17.9 Å². The maximum atomic E-state index is 12.7. The largest absolute Gasteiger partial charge is 0.492 e. The van der Waals surface area contributed by atoms with E-state index in [1.54, 1.807) is 0 Å². The number of hydrogen-bond donors (Lipinski definition) is 0. The summed E-state index contributed by atoms with van der Waals surface area (Å²) in [5, 5.41) is 0. The van der Waals surface area contributed by atoms with Crippen LogP contribution in [0.1, 0.15) is 19.3 Å². The predicted molar refractivity (Wildman–Crippen MR) is 79.5 cm³/mol. The van der Waals surface area contributed by atoms with Gasteiger partial charge in [-0.2, -0.15) is 13.2 Å². The fraction of sp³-hybridized carbons (Fsp3) is 0.600. The lowest BCUT2D eigenvalue weighted by molar-refractivity contribution is -0.186. The molecule has 2 nitrogen and oxygen atoms in total. The molecule has 1 atom stereocenters. The fourth-order valence-corrected chi connectivity index (χ4v) is 2.96. The van der Waals surface area contributed by atoms with E-state index in [1.165, 1.54) is 0 Å². The number of rotatable bonds is 5. The molecular weight excluding hydrogens is 347 g/mol. The molecular formula is C15H19BrF3NO. The quantitative estimate of drug-likeness (QED) is 0.712. The number of nitrogens with zero attached hydrogens (tertiary/aromatic N) is 1. The second-order valence-electron chi connectivity index (χ2n) is 5.31. The molecule has 1 aromatic rings. The van der Waals surface area contributed by atoms with Gasteiger partial charge in [0.05, 0.1) is 17.0 Å². The first kappa shape index (κ1) is 16.6. The number of piperidine rings is 1. The van der Waals surface area contributed by atoms with Gasteiger partial charge in [-0.3, -0.25) is 0 Å². The van der Waals surface area contributed by atoms with Crippen molar-refractivity contribution in [2.75, 3.05) is 26.2 Å². The molecule has 0 aliphatic carbocycles. The van der Waals surface area contributed by atoms with Crippen LogP contribution in [0.3, 0.4) is 0 Å². The van der Waals surface area contributed by atoms with E-state index in [4.69, 9.17) is 4.74 Å². The Morgan fingerprint density at radius 2 is 2.05 bits per heavy atom. The zero-order valence-electron chi connectivity index (χ0n) is 11.7. The number of benzene rings is 1. The molecule has 1 aliphatic heterocycles. The molecule has 1 unspecified atom stereocenters. The topological polar surface area (TPSA) is 12.5 Å². The van der Waals surface area contributed by atoms with E-state index in [2.05, 4.69) is 15.9 Å². The third kappa shape index (κ3) is 5.18. The van der Waals surface area contributed by atoms with E-state index in [9.17, 15) is 13.2 Å². The minimum absolute atomic E-state index is 0.124. The normalized spacial score (nSPS) is 20.5. The van der Waals surface area contributed by atoms with Crippen LogP contribution in [0.15, 0.2) is 28.7 Å². The Hall–Kier alpha value is -0.750. The summed E-state index contributed by atoms with van der Waals surface area (Å²) in [6.45, 7) is 2.03. The van der Waals surface area contributed by atoms with Gasteiger partial charge in [-0.05, 0) is 53.9 Å². The number of halogens is 4. The van der Waals surface area contributed by atoms with Gasteiger partial charge in [0.15, 0.2) is 0 Å². The van der Waals surface area contributed by atoms with Crippen LogP contribution in [0, 0.1) is 5.92 Å². The van der Waals surface area contributed by atoms with Crippen molar-refractivity contribution in [2.24, 2.45) is 5.92 Å². The van der Waals surface area contributed by atoms with E-state index in [1.807, 2.05) is 29.2 Å². The minimum atomic E-state index is -4.07. The summed E-state index contributed by atoms with van der Waals surface area (Å²) in [6, 6.07) is 7.55. The van der Waals surface area contributed by atoms with Crippen LogP contribution in [0.5, 0.6) is 5.75 Å². The first-order valence-corrected chi connectivity index (χ1v) is 7.92. The molecule has 0 N–H and O–H groups in total. The summed E-state index contributed by atoms with van der Waals surface area (Å²) in [5.74, 6) is -0.403. The highest BCUT2D eigenvalue weighted by atomic mass is 79.9. The summed E-state index contributed by atoms with van der Waals surface area (Å²) in [4.78, 5) is 1.89. The summed E-state index contributed by atoms with van der Waals surface area (Å²) < 4.78 is 44.7. The number of likely N-dealkylation sites (tertiary alicyclic amines) is 1. The van der Waals surface area contributed by atoms with E-state index in [0.717, 1.165) is 23.2 Å². The summed E-state index contributed by atoms with van der Waals surface area (Å²) >= 11 is 3.39. The average Bonchev–Trinajstić information content (AvgIpc) is 2.45. The third-order valence-corrected chi connectivity index (χ3v) is 4.34. The van der Waals surface area contributed by atoms with Crippen molar-refractivity contribution in [3.05, 3.63) is 28.7 Å². The van der Waals surface area contributed by atoms with Crippen LogP contribution >= 0.6 is 15.9 Å². The SMILES string of the molecule is FC(F)(F)C1CCCN(CCCOc2ccccc2Br)C1. The lowest BCUT2D eigenvalue weighted by Crippen LogP contribution is -2.42.